The van der Waals surface area contributed by atoms with E-state index in [-0.39, 0.29) is 5.91 Å². The Morgan fingerprint density at radius 2 is 2.09 bits per heavy atom. The number of benzene rings is 1. The molecule has 1 aliphatic heterocycles. The van der Waals surface area contributed by atoms with E-state index in [2.05, 4.69) is 10.2 Å². The Kier molecular flexibility index (Phi) is 5.23. The summed E-state index contributed by atoms with van der Waals surface area (Å²) in [5, 5.41) is 4.39. The van der Waals surface area contributed by atoms with E-state index in [4.69, 9.17) is 16.0 Å². The minimum atomic E-state index is -0.159. The molecule has 1 N–H and O–H groups in total. The van der Waals surface area contributed by atoms with E-state index >= 15 is 0 Å². The van der Waals surface area contributed by atoms with Crippen LogP contribution in [0.15, 0.2) is 22.6 Å². The van der Waals surface area contributed by atoms with Crippen LogP contribution in [0.25, 0.3) is 11.0 Å². The van der Waals surface area contributed by atoms with Gasteiger partial charge >= 0.3 is 0 Å². The normalized spacial score (nSPS) is 15.9. The quantitative estimate of drug-likeness (QED) is 0.841. The van der Waals surface area contributed by atoms with Crippen molar-refractivity contribution in [2.45, 2.75) is 32.6 Å². The van der Waals surface area contributed by atoms with E-state index < -0.39 is 0 Å². The summed E-state index contributed by atoms with van der Waals surface area (Å²) in [4.78, 5) is 14.8. The van der Waals surface area contributed by atoms with Gasteiger partial charge in [0.1, 0.15) is 0 Å². The number of aryl methyl sites for hydroxylation is 1. The third-order valence-electron chi connectivity index (χ3n) is 4.51. The molecule has 1 aliphatic rings. The molecule has 0 unspecified atom stereocenters. The van der Waals surface area contributed by atoms with Crippen LogP contribution in [-0.2, 0) is 0 Å². The van der Waals surface area contributed by atoms with Gasteiger partial charge in [0.2, 0.25) is 0 Å². The zero-order valence-corrected chi connectivity index (χ0v) is 14.3. The number of hydrogen-bond acceptors (Lipinski definition) is 3. The Morgan fingerprint density at radius 3 is 2.83 bits per heavy atom. The molecular formula is C18H23ClN2O2. The maximum atomic E-state index is 12.3. The number of nitrogens with one attached hydrogen (secondary N) is 1. The van der Waals surface area contributed by atoms with E-state index in [9.17, 15) is 4.79 Å². The van der Waals surface area contributed by atoms with Crippen molar-refractivity contribution in [3.05, 3.63) is 34.5 Å². The fourth-order valence-corrected chi connectivity index (χ4v) is 3.41. The van der Waals surface area contributed by atoms with Crippen LogP contribution in [0.1, 0.15) is 41.8 Å². The van der Waals surface area contributed by atoms with Gasteiger partial charge in [-0.25, -0.2) is 0 Å². The van der Waals surface area contributed by atoms with Crippen LogP contribution in [0.5, 0.6) is 0 Å². The number of carbonyl (C=O) groups is 1. The first-order chi connectivity index (χ1) is 11.2. The number of para-hydroxylation sites is 1. The molecule has 124 valence electrons. The van der Waals surface area contributed by atoms with Gasteiger partial charge in [0, 0.05) is 17.5 Å². The molecule has 0 bridgehead atoms. The van der Waals surface area contributed by atoms with Crippen molar-refractivity contribution in [3.8, 4) is 0 Å². The lowest BCUT2D eigenvalue weighted by molar-refractivity contribution is 0.0924. The number of carbonyl (C=O) groups excluding carboxylic acids is 1. The van der Waals surface area contributed by atoms with E-state index in [0.29, 0.717) is 22.9 Å². The van der Waals surface area contributed by atoms with Crippen molar-refractivity contribution in [2.75, 3.05) is 26.2 Å². The van der Waals surface area contributed by atoms with Gasteiger partial charge in [-0.1, -0.05) is 30.2 Å². The summed E-state index contributed by atoms with van der Waals surface area (Å²) in [5.74, 6) is 0.208. The standard InChI is InChI=1S/C18H23ClN2O2/c1-13-14-7-5-8-15(19)17(14)23-16(13)18(22)20-9-6-12-21-10-3-2-4-11-21/h5,7-8H,2-4,6,9-12H2,1H3,(H,20,22). The van der Waals surface area contributed by atoms with Gasteiger partial charge in [0.25, 0.3) is 5.91 Å². The zero-order chi connectivity index (χ0) is 16.2. The third-order valence-corrected chi connectivity index (χ3v) is 4.80. The second-order valence-corrected chi connectivity index (χ2v) is 6.59. The SMILES string of the molecule is Cc1c(C(=O)NCCCN2CCCCC2)oc2c(Cl)cccc12. The highest BCUT2D eigenvalue weighted by Gasteiger charge is 2.18. The Morgan fingerprint density at radius 1 is 1.30 bits per heavy atom. The van der Waals surface area contributed by atoms with E-state index in [1.54, 1.807) is 6.07 Å². The molecule has 5 heteroatoms. The number of nitrogens with zero attached hydrogens (tertiary/aromatic N) is 1. The average Bonchev–Trinajstić information content (AvgIpc) is 2.91. The summed E-state index contributed by atoms with van der Waals surface area (Å²) in [6.07, 6.45) is 4.91. The lowest BCUT2D eigenvalue weighted by Crippen LogP contribution is -2.33. The molecule has 0 radical (unpaired) electrons. The van der Waals surface area contributed by atoms with Crippen LogP contribution < -0.4 is 5.32 Å². The number of fused-ring (bicyclic) bond motifs is 1. The largest absolute Gasteiger partial charge is 0.449 e. The lowest BCUT2D eigenvalue weighted by Gasteiger charge is -2.26. The Bertz CT molecular complexity index is 690. The smallest absolute Gasteiger partial charge is 0.287 e. The third kappa shape index (κ3) is 3.70. The molecule has 2 heterocycles. The Labute approximate surface area is 141 Å². The molecule has 0 spiro atoms. The van der Waals surface area contributed by atoms with Gasteiger partial charge in [-0.3, -0.25) is 4.79 Å². The number of amides is 1. The molecule has 1 aromatic heterocycles. The van der Waals surface area contributed by atoms with Gasteiger partial charge in [-0.05, 0) is 51.9 Å². The van der Waals surface area contributed by atoms with Gasteiger partial charge < -0.3 is 14.6 Å². The lowest BCUT2D eigenvalue weighted by atomic mass is 10.1. The molecule has 1 aromatic carbocycles. The van der Waals surface area contributed by atoms with Crippen LogP contribution in [0, 0.1) is 6.92 Å². The maximum absolute atomic E-state index is 12.3. The monoisotopic (exact) mass is 334 g/mol. The number of halogens is 1. The Balaban J connectivity index is 1.56. The van der Waals surface area contributed by atoms with E-state index in [1.165, 1.54) is 32.4 Å². The first kappa shape index (κ1) is 16.3. The van der Waals surface area contributed by atoms with Crippen LogP contribution in [0.3, 0.4) is 0 Å². The number of piperidine rings is 1. The van der Waals surface area contributed by atoms with Crippen molar-refractivity contribution in [1.29, 1.82) is 0 Å². The van der Waals surface area contributed by atoms with Gasteiger partial charge in [0.15, 0.2) is 11.3 Å². The molecule has 0 saturated carbocycles. The van der Waals surface area contributed by atoms with Crippen molar-refractivity contribution in [3.63, 3.8) is 0 Å². The van der Waals surface area contributed by atoms with Crippen LogP contribution in [0.2, 0.25) is 5.02 Å². The van der Waals surface area contributed by atoms with Crippen molar-refractivity contribution < 1.29 is 9.21 Å². The number of likely N-dealkylation sites (tertiary alicyclic amines) is 1. The second kappa shape index (κ2) is 7.37. The minimum absolute atomic E-state index is 0.159. The minimum Gasteiger partial charge on any atom is -0.449 e. The van der Waals surface area contributed by atoms with Crippen LogP contribution >= 0.6 is 11.6 Å². The van der Waals surface area contributed by atoms with Crippen molar-refractivity contribution >= 4 is 28.5 Å². The highest BCUT2D eigenvalue weighted by Crippen LogP contribution is 2.30. The predicted octanol–water partition coefficient (Wildman–Crippen LogP) is 4.00. The average molecular weight is 335 g/mol. The topological polar surface area (TPSA) is 45.5 Å². The van der Waals surface area contributed by atoms with Gasteiger partial charge in [0.05, 0.1) is 5.02 Å². The molecule has 4 nitrogen and oxygen atoms in total. The number of hydrogen-bond donors (Lipinski definition) is 1. The summed E-state index contributed by atoms with van der Waals surface area (Å²) >= 11 is 6.13. The Hall–Kier alpha value is -1.52. The number of rotatable bonds is 5. The second-order valence-electron chi connectivity index (χ2n) is 6.18. The van der Waals surface area contributed by atoms with Gasteiger partial charge in [-0.15, -0.1) is 0 Å². The summed E-state index contributed by atoms with van der Waals surface area (Å²) < 4.78 is 5.68. The molecule has 1 amide bonds. The summed E-state index contributed by atoms with van der Waals surface area (Å²) in [7, 11) is 0. The first-order valence-corrected chi connectivity index (χ1v) is 8.73. The van der Waals surface area contributed by atoms with E-state index in [0.717, 1.165) is 23.9 Å². The van der Waals surface area contributed by atoms with Crippen molar-refractivity contribution in [2.24, 2.45) is 0 Å². The van der Waals surface area contributed by atoms with E-state index in [1.807, 2.05) is 19.1 Å². The number of furan rings is 1. The molecule has 1 saturated heterocycles. The molecule has 0 atom stereocenters. The summed E-state index contributed by atoms with van der Waals surface area (Å²) in [6, 6.07) is 5.56. The van der Waals surface area contributed by atoms with Crippen LogP contribution in [0.4, 0.5) is 0 Å². The summed E-state index contributed by atoms with van der Waals surface area (Å²) in [5.41, 5.74) is 1.43. The first-order valence-electron chi connectivity index (χ1n) is 8.35. The highest BCUT2D eigenvalue weighted by molar-refractivity contribution is 6.35. The fraction of sp³-hybridized carbons (Fsp3) is 0.500. The van der Waals surface area contributed by atoms with Gasteiger partial charge in [-0.2, -0.15) is 0 Å². The molecule has 23 heavy (non-hydrogen) atoms. The molecule has 1 fully saturated rings. The predicted molar refractivity (Wildman–Crippen MR) is 93.2 cm³/mol. The van der Waals surface area contributed by atoms with Crippen molar-refractivity contribution in [1.82, 2.24) is 10.2 Å². The summed E-state index contributed by atoms with van der Waals surface area (Å²) in [6.45, 7) is 5.99. The maximum Gasteiger partial charge on any atom is 0.287 e. The molecular weight excluding hydrogens is 312 g/mol. The fourth-order valence-electron chi connectivity index (χ4n) is 3.19. The molecule has 0 aliphatic carbocycles. The molecule has 2 aromatic rings. The molecule has 3 rings (SSSR count). The zero-order valence-electron chi connectivity index (χ0n) is 13.5. The highest BCUT2D eigenvalue weighted by atomic mass is 35.5. The van der Waals surface area contributed by atoms with Crippen LogP contribution in [-0.4, -0.2) is 37.0 Å².